The lowest BCUT2D eigenvalue weighted by molar-refractivity contribution is 0.473. The van der Waals surface area contributed by atoms with Crippen LogP contribution in [0.1, 0.15) is 41.7 Å². The van der Waals surface area contributed by atoms with Gasteiger partial charge in [-0.05, 0) is 58.7 Å². The first-order valence-electron chi connectivity index (χ1n) is 15.5. The van der Waals surface area contributed by atoms with Gasteiger partial charge in [0.2, 0.25) is 0 Å². The predicted molar refractivity (Wildman–Crippen MR) is 185 cm³/mol. The van der Waals surface area contributed by atoms with Crippen molar-refractivity contribution in [3.8, 4) is 0 Å². The summed E-state index contributed by atoms with van der Waals surface area (Å²) in [6.45, 7) is 4.67. The third-order valence-corrected chi connectivity index (χ3v) is 10.7. The monoisotopic (exact) mass is 597 g/mol. The molecule has 1 aromatic heterocycles. The van der Waals surface area contributed by atoms with Gasteiger partial charge < -0.3 is 4.90 Å². The van der Waals surface area contributed by atoms with Gasteiger partial charge in [0.1, 0.15) is 5.54 Å². The molecule has 0 aliphatic carbocycles. The van der Waals surface area contributed by atoms with Crippen molar-refractivity contribution < 1.29 is 0 Å². The topological polar surface area (TPSA) is 21.1 Å². The van der Waals surface area contributed by atoms with E-state index in [1.165, 1.54) is 44.1 Å². The molecule has 7 aromatic rings. The number of benzene rings is 6. The molecule has 2 aliphatic heterocycles. The zero-order valence-corrected chi connectivity index (χ0v) is 26.0. The van der Waals surface area contributed by atoms with Gasteiger partial charge in [0, 0.05) is 21.6 Å². The van der Waals surface area contributed by atoms with Gasteiger partial charge in [-0.15, -0.1) is 0 Å². The standard InChI is InChI=1S/C41H31N3S/c1-40(2)31-19-9-12-22-35(31)43(36-23-13-10-20-32(36)40)30-25-26-33-38(27-30)45-39-42-34-21-11-14-24-37(34)44(39)41(33,28-15-5-3-6-16-28)29-17-7-4-8-18-29/h3-27H,1-2H3. The molecule has 6 aromatic carbocycles. The molecule has 0 amide bonds. The van der Waals surface area contributed by atoms with Gasteiger partial charge in [0.15, 0.2) is 5.16 Å². The Bertz CT molecular complexity index is 2140. The minimum Gasteiger partial charge on any atom is -0.310 e. The average Bonchev–Trinajstić information content (AvgIpc) is 3.47. The van der Waals surface area contributed by atoms with E-state index in [1.54, 1.807) is 11.8 Å². The molecule has 0 radical (unpaired) electrons. The lowest BCUT2D eigenvalue weighted by atomic mass is 9.73. The van der Waals surface area contributed by atoms with Crippen molar-refractivity contribution in [2.24, 2.45) is 0 Å². The number of aromatic nitrogens is 2. The fourth-order valence-electron chi connectivity index (χ4n) is 7.69. The lowest BCUT2D eigenvalue weighted by Crippen LogP contribution is -2.40. The van der Waals surface area contributed by atoms with Crippen LogP contribution in [0.3, 0.4) is 0 Å². The summed E-state index contributed by atoms with van der Waals surface area (Å²) < 4.78 is 2.47. The molecule has 0 bridgehead atoms. The van der Waals surface area contributed by atoms with Crippen molar-refractivity contribution in [2.45, 2.75) is 34.9 Å². The number of para-hydroxylation sites is 4. The fraction of sp³-hybridized carbons (Fsp3) is 0.0976. The van der Waals surface area contributed by atoms with Crippen LogP contribution in [-0.2, 0) is 11.0 Å². The van der Waals surface area contributed by atoms with E-state index in [9.17, 15) is 0 Å². The summed E-state index contributed by atoms with van der Waals surface area (Å²) in [6.07, 6.45) is 0. The molecular weight excluding hydrogens is 567 g/mol. The third-order valence-electron chi connectivity index (χ3n) is 9.70. The van der Waals surface area contributed by atoms with E-state index >= 15 is 0 Å². The number of fused-ring (bicyclic) bond motifs is 6. The number of anilines is 3. The van der Waals surface area contributed by atoms with Crippen LogP contribution in [0.15, 0.2) is 162 Å². The van der Waals surface area contributed by atoms with E-state index in [0.29, 0.717) is 0 Å². The molecule has 0 saturated heterocycles. The maximum Gasteiger partial charge on any atom is 0.175 e. The van der Waals surface area contributed by atoms with E-state index < -0.39 is 5.54 Å². The smallest absolute Gasteiger partial charge is 0.175 e. The van der Waals surface area contributed by atoms with Crippen LogP contribution in [-0.4, -0.2) is 9.55 Å². The highest BCUT2D eigenvalue weighted by molar-refractivity contribution is 7.99. The molecule has 4 heteroatoms. The maximum atomic E-state index is 5.24. The normalized spacial score (nSPS) is 15.6. The second-order valence-corrected chi connectivity index (χ2v) is 13.4. The summed E-state index contributed by atoms with van der Waals surface area (Å²) in [5.74, 6) is 0. The predicted octanol–water partition coefficient (Wildman–Crippen LogP) is 10.5. The number of nitrogens with zero attached hydrogens (tertiary/aromatic N) is 3. The molecular formula is C41H31N3S. The highest BCUT2D eigenvalue weighted by atomic mass is 32.2. The zero-order valence-electron chi connectivity index (χ0n) is 25.2. The molecule has 9 rings (SSSR count). The Labute approximate surface area is 267 Å². The quantitative estimate of drug-likeness (QED) is 0.202. The van der Waals surface area contributed by atoms with Crippen LogP contribution in [0, 0.1) is 0 Å². The first-order valence-corrected chi connectivity index (χ1v) is 16.3. The Hall–Kier alpha value is -5.06. The molecule has 45 heavy (non-hydrogen) atoms. The highest BCUT2D eigenvalue weighted by Gasteiger charge is 2.46. The Kier molecular flexibility index (Phi) is 5.69. The summed E-state index contributed by atoms with van der Waals surface area (Å²) in [5, 5.41) is 0.995. The van der Waals surface area contributed by atoms with Crippen LogP contribution in [0.5, 0.6) is 0 Å². The maximum absolute atomic E-state index is 5.24. The van der Waals surface area contributed by atoms with Crippen molar-refractivity contribution in [2.75, 3.05) is 4.90 Å². The Balaban J connectivity index is 1.35. The first-order chi connectivity index (χ1) is 22.1. The molecule has 0 N–H and O–H groups in total. The van der Waals surface area contributed by atoms with Crippen LogP contribution < -0.4 is 4.90 Å². The van der Waals surface area contributed by atoms with E-state index in [-0.39, 0.29) is 5.41 Å². The Morgan fingerprint density at radius 3 is 1.76 bits per heavy atom. The van der Waals surface area contributed by atoms with Gasteiger partial charge in [0.05, 0.1) is 22.4 Å². The third kappa shape index (κ3) is 3.63. The molecule has 0 saturated carbocycles. The lowest BCUT2D eigenvalue weighted by Gasteiger charge is -2.44. The Morgan fingerprint density at radius 1 is 0.556 bits per heavy atom. The molecule has 2 aliphatic rings. The minimum absolute atomic E-state index is 0.104. The van der Waals surface area contributed by atoms with E-state index in [0.717, 1.165) is 21.9 Å². The largest absolute Gasteiger partial charge is 0.310 e. The summed E-state index contributed by atoms with van der Waals surface area (Å²) in [5.41, 5.74) is 11.4. The minimum atomic E-state index is -0.604. The highest BCUT2D eigenvalue weighted by Crippen LogP contribution is 2.56. The van der Waals surface area contributed by atoms with E-state index in [1.807, 2.05) is 0 Å². The second-order valence-electron chi connectivity index (χ2n) is 12.4. The van der Waals surface area contributed by atoms with Crippen LogP contribution in [0.2, 0.25) is 0 Å². The molecule has 0 unspecified atom stereocenters. The van der Waals surface area contributed by atoms with Gasteiger partial charge in [-0.3, -0.25) is 4.57 Å². The van der Waals surface area contributed by atoms with Gasteiger partial charge in [-0.1, -0.05) is 141 Å². The summed E-state index contributed by atoms with van der Waals surface area (Å²) in [7, 11) is 0. The molecule has 3 nitrogen and oxygen atoms in total. The molecule has 0 spiro atoms. The van der Waals surface area contributed by atoms with Crippen LogP contribution >= 0.6 is 11.8 Å². The number of imidazole rings is 1. The summed E-state index contributed by atoms with van der Waals surface area (Å²) in [6, 6.07) is 55.2. The van der Waals surface area contributed by atoms with Crippen molar-refractivity contribution in [1.82, 2.24) is 9.55 Å². The van der Waals surface area contributed by atoms with Crippen molar-refractivity contribution in [3.05, 3.63) is 179 Å². The SMILES string of the molecule is CC1(C)c2ccccc2N(c2ccc3c(c2)Sc2nc4ccccc4n2C3(c2ccccc2)c2ccccc2)c2ccccc21. The van der Waals surface area contributed by atoms with Crippen LogP contribution in [0.4, 0.5) is 17.1 Å². The fourth-order valence-corrected chi connectivity index (χ4v) is 8.86. The summed E-state index contributed by atoms with van der Waals surface area (Å²) in [4.78, 5) is 8.90. The van der Waals surface area contributed by atoms with Gasteiger partial charge in [-0.25, -0.2) is 4.98 Å². The molecule has 0 atom stereocenters. The Morgan fingerprint density at radius 2 is 1.11 bits per heavy atom. The number of hydrogen-bond acceptors (Lipinski definition) is 3. The van der Waals surface area contributed by atoms with Gasteiger partial charge in [0.25, 0.3) is 0 Å². The number of hydrogen-bond donors (Lipinski definition) is 0. The van der Waals surface area contributed by atoms with Gasteiger partial charge in [-0.2, -0.15) is 0 Å². The first kappa shape index (κ1) is 26.4. The van der Waals surface area contributed by atoms with E-state index in [2.05, 4.69) is 175 Å². The van der Waals surface area contributed by atoms with Gasteiger partial charge >= 0.3 is 0 Å². The van der Waals surface area contributed by atoms with Crippen molar-refractivity contribution in [3.63, 3.8) is 0 Å². The molecule has 216 valence electrons. The number of rotatable bonds is 3. The van der Waals surface area contributed by atoms with Crippen molar-refractivity contribution in [1.29, 1.82) is 0 Å². The summed E-state index contributed by atoms with van der Waals surface area (Å²) >= 11 is 1.77. The van der Waals surface area contributed by atoms with Crippen LogP contribution in [0.25, 0.3) is 11.0 Å². The zero-order chi connectivity index (χ0) is 30.2. The second kappa shape index (κ2) is 9.72. The van der Waals surface area contributed by atoms with E-state index in [4.69, 9.17) is 4.98 Å². The molecule has 3 heterocycles. The van der Waals surface area contributed by atoms with Crippen molar-refractivity contribution >= 4 is 39.9 Å². The molecule has 0 fully saturated rings. The average molecular weight is 598 g/mol.